The van der Waals surface area contributed by atoms with Crippen molar-refractivity contribution >= 4 is 37.6 Å². The number of carbonyl (C=O) groups excluding carboxylic acids is 1. The lowest BCUT2D eigenvalue weighted by molar-refractivity contribution is -0.138. The highest BCUT2D eigenvalue weighted by molar-refractivity contribution is 7.89. The van der Waals surface area contributed by atoms with Gasteiger partial charge in [-0.15, -0.1) is 0 Å². The zero-order valence-electron chi connectivity index (χ0n) is 24.6. The van der Waals surface area contributed by atoms with Crippen molar-refractivity contribution in [1.29, 1.82) is 0 Å². The predicted molar refractivity (Wildman–Crippen MR) is 164 cm³/mol. The maximum absolute atomic E-state index is 13.3. The number of rotatable bonds is 10. The second kappa shape index (κ2) is 12.3. The van der Waals surface area contributed by atoms with Crippen LogP contribution in [0.25, 0.3) is 32.9 Å². The van der Waals surface area contributed by atoms with E-state index in [0.717, 1.165) is 12.1 Å². The Morgan fingerprint density at radius 2 is 1.76 bits per heavy atom. The molecule has 5 rings (SSSR count). The Morgan fingerprint density at radius 1 is 1.02 bits per heavy atom. The average Bonchev–Trinajstić information content (AvgIpc) is 3.34. The van der Waals surface area contributed by atoms with Gasteiger partial charge in [-0.3, -0.25) is 14.5 Å². The minimum atomic E-state index is -4.69. The number of amides is 1. The minimum Gasteiger partial charge on any atom is -0.504 e. The van der Waals surface area contributed by atoms with E-state index in [9.17, 15) is 31.5 Å². The van der Waals surface area contributed by atoms with Crippen molar-refractivity contribution in [3.8, 4) is 28.6 Å². The topological polar surface area (TPSA) is 131 Å². The van der Waals surface area contributed by atoms with E-state index in [2.05, 4.69) is 9.97 Å². The molecule has 45 heavy (non-hydrogen) atoms. The van der Waals surface area contributed by atoms with Crippen LogP contribution in [-0.4, -0.2) is 42.6 Å². The maximum Gasteiger partial charge on any atom is 0.416 e. The Balaban J connectivity index is 1.47. The number of aromatic amines is 1. The predicted octanol–water partition coefficient (Wildman–Crippen LogP) is 6.40. The number of phenols is 1. The van der Waals surface area contributed by atoms with Crippen LogP contribution >= 0.6 is 0 Å². The van der Waals surface area contributed by atoms with Gasteiger partial charge in [0, 0.05) is 17.1 Å². The number of phenolic OH excluding ortho intramolecular Hbond substituents is 1. The maximum atomic E-state index is 13.3. The number of pyridine rings is 1. The third-order valence-electron chi connectivity index (χ3n) is 7.14. The quantitative estimate of drug-likeness (QED) is 0.161. The van der Waals surface area contributed by atoms with Crippen molar-refractivity contribution in [2.75, 3.05) is 13.2 Å². The van der Waals surface area contributed by atoms with Gasteiger partial charge in [-0.2, -0.15) is 13.2 Å². The number of nitrogens with zero attached hydrogens (tertiary/aromatic N) is 1. The molecule has 0 spiro atoms. The highest BCUT2D eigenvalue weighted by Crippen LogP contribution is 2.49. The second-order valence-corrected chi connectivity index (χ2v) is 12.0. The lowest BCUT2D eigenvalue weighted by Crippen LogP contribution is -2.33. The van der Waals surface area contributed by atoms with E-state index in [1.165, 1.54) is 12.1 Å². The lowest BCUT2D eigenvalue weighted by atomic mass is 9.98. The summed E-state index contributed by atoms with van der Waals surface area (Å²) in [6.45, 7) is 6.02. The first-order valence-electron chi connectivity index (χ1n) is 14.0. The van der Waals surface area contributed by atoms with Gasteiger partial charge in [0.05, 0.1) is 52.9 Å². The average molecular weight is 642 g/mol. The number of alkyl halides is 3. The number of ether oxygens (including phenoxy) is 2. The molecule has 0 fully saturated rings. The molecule has 2 aromatic heterocycles. The minimum absolute atomic E-state index is 0.106. The van der Waals surface area contributed by atoms with Crippen LogP contribution in [-0.2, 0) is 33.2 Å². The Morgan fingerprint density at radius 3 is 2.44 bits per heavy atom. The molecular weight excluding hydrogens is 611 g/mol. The van der Waals surface area contributed by atoms with Gasteiger partial charge < -0.3 is 19.6 Å². The van der Waals surface area contributed by atoms with Gasteiger partial charge >= 0.3 is 6.18 Å². The van der Waals surface area contributed by atoms with Crippen LogP contribution in [0.4, 0.5) is 13.2 Å². The normalized spacial score (nSPS) is 12.0. The number of hydrogen-bond donors (Lipinski definition) is 3. The summed E-state index contributed by atoms with van der Waals surface area (Å²) in [5.41, 5.74) is 1.33. The number of fused-ring (bicyclic) bond motifs is 3. The first-order chi connectivity index (χ1) is 21.3. The molecule has 2 heterocycles. The molecule has 0 atom stereocenters. The first kappa shape index (κ1) is 31.6. The first-order valence-corrected chi connectivity index (χ1v) is 15.7. The number of benzene rings is 3. The molecule has 0 bridgehead atoms. The number of hydrogen-bond acceptors (Lipinski definition) is 7. The molecule has 0 radical (unpaired) electrons. The van der Waals surface area contributed by atoms with Crippen LogP contribution in [0.1, 0.15) is 36.1 Å². The van der Waals surface area contributed by atoms with Crippen LogP contribution in [0, 0.1) is 6.92 Å². The fourth-order valence-electron chi connectivity index (χ4n) is 5.40. The third kappa shape index (κ3) is 6.39. The van der Waals surface area contributed by atoms with E-state index in [0.29, 0.717) is 63.2 Å². The Kier molecular flexibility index (Phi) is 8.66. The van der Waals surface area contributed by atoms with Crippen molar-refractivity contribution in [3.05, 3.63) is 83.0 Å². The number of nitrogens with one attached hydrogen (secondary N) is 2. The van der Waals surface area contributed by atoms with Crippen molar-refractivity contribution in [2.45, 2.75) is 39.1 Å². The molecular formula is C32H30F3N3O6S. The second-order valence-electron chi connectivity index (χ2n) is 10.3. The van der Waals surface area contributed by atoms with Crippen LogP contribution in [0.3, 0.4) is 0 Å². The number of sulfonamides is 1. The third-order valence-corrected chi connectivity index (χ3v) is 8.40. The summed E-state index contributed by atoms with van der Waals surface area (Å²) >= 11 is 0. The van der Waals surface area contributed by atoms with E-state index in [-0.39, 0.29) is 17.1 Å². The summed E-state index contributed by atoms with van der Waals surface area (Å²) in [6, 6.07) is 12.9. The molecule has 0 saturated carbocycles. The van der Waals surface area contributed by atoms with Crippen molar-refractivity contribution in [2.24, 2.45) is 0 Å². The number of carbonyl (C=O) groups is 1. The standard InChI is InChI=1S/C32H30F3N3O6S/c1-4-43-30-22-10-8-14-36-27(22)26-25(29(30)40)28(37-31(26)44-5-2)21-13-12-19(15-18(21)3)17-45(41,42)38-24(39)16-20-9-6-7-11-23(20)32(33,34)35/h6-15,37,40H,4-5,16-17H2,1-3H3,(H,38,39). The number of halogens is 3. The monoisotopic (exact) mass is 641 g/mol. The molecule has 9 nitrogen and oxygen atoms in total. The Hall–Kier alpha value is -4.78. The van der Waals surface area contributed by atoms with Crippen LogP contribution < -0.4 is 14.2 Å². The van der Waals surface area contributed by atoms with E-state index in [1.54, 1.807) is 50.4 Å². The highest BCUT2D eigenvalue weighted by Gasteiger charge is 2.33. The van der Waals surface area contributed by atoms with Gasteiger partial charge in [-0.1, -0.05) is 36.4 Å². The molecule has 0 aliphatic rings. The summed E-state index contributed by atoms with van der Waals surface area (Å²) in [6.07, 6.45) is -3.81. The fraction of sp³-hybridized carbons (Fsp3) is 0.250. The molecule has 0 unspecified atom stereocenters. The van der Waals surface area contributed by atoms with Crippen molar-refractivity contribution < 1.29 is 41.0 Å². The zero-order valence-corrected chi connectivity index (χ0v) is 25.4. The number of aromatic nitrogens is 2. The zero-order chi connectivity index (χ0) is 32.5. The van der Waals surface area contributed by atoms with E-state index < -0.39 is 39.8 Å². The summed E-state index contributed by atoms with van der Waals surface area (Å²) in [5, 5.41) is 13.0. The largest absolute Gasteiger partial charge is 0.504 e. The summed E-state index contributed by atoms with van der Waals surface area (Å²) < 4.78 is 79.2. The van der Waals surface area contributed by atoms with Gasteiger partial charge in [0.15, 0.2) is 11.5 Å². The van der Waals surface area contributed by atoms with Crippen LogP contribution in [0.15, 0.2) is 60.8 Å². The molecule has 0 aliphatic carbocycles. The van der Waals surface area contributed by atoms with Crippen LogP contribution in [0.5, 0.6) is 17.4 Å². The van der Waals surface area contributed by atoms with Gasteiger partial charge in [-0.25, -0.2) is 8.42 Å². The van der Waals surface area contributed by atoms with Gasteiger partial charge in [-0.05, 0) is 55.7 Å². The molecule has 3 aromatic carbocycles. The molecule has 236 valence electrons. The molecule has 5 aromatic rings. The van der Waals surface area contributed by atoms with Gasteiger partial charge in [0.25, 0.3) is 0 Å². The van der Waals surface area contributed by atoms with Crippen LogP contribution in [0.2, 0.25) is 0 Å². The van der Waals surface area contributed by atoms with E-state index in [4.69, 9.17) is 9.47 Å². The molecule has 0 aliphatic heterocycles. The van der Waals surface area contributed by atoms with Gasteiger partial charge in [0.2, 0.25) is 21.8 Å². The Labute approximate surface area is 257 Å². The van der Waals surface area contributed by atoms with E-state index >= 15 is 0 Å². The van der Waals surface area contributed by atoms with E-state index in [1.807, 2.05) is 11.6 Å². The number of aromatic hydroxyl groups is 1. The number of H-pyrrole nitrogens is 1. The van der Waals surface area contributed by atoms with Crippen molar-refractivity contribution in [1.82, 2.24) is 14.7 Å². The fourth-order valence-corrected chi connectivity index (χ4v) is 6.51. The Bertz CT molecular complexity index is 2020. The molecule has 1 amide bonds. The smallest absolute Gasteiger partial charge is 0.416 e. The highest BCUT2D eigenvalue weighted by atomic mass is 32.2. The molecule has 13 heteroatoms. The van der Waals surface area contributed by atoms with Crippen molar-refractivity contribution in [3.63, 3.8) is 0 Å². The summed E-state index contributed by atoms with van der Waals surface area (Å²) in [4.78, 5) is 20.3. The molecule has 0 saturated heterocycles. The lowest BCUT2D eigenvalue weighted by Gasteiger charge is -2.14. The number of aryl methyl sites for hydroxylation is 1. The SMILES string of the molecule is CCOc1c(O)c2c(-c3ccc(CS(=O)(=O)NC(=O)Cc4ccccc4C(F)(F)F)cc3C)[nH]c(OCC)c2c2ncccc12. The summed E-state index contributed by atoms with van der Waals surface area (Å²) in [7, 11) is -4.25. The summed E-state index contributed by atoms with van der Waals surface area (Å²) in [5.74, 6) is -1.12. The van der Waals surface area contributed by atoms with Gasteiger partial charge in [0.1, 0.15) is 0 Å². The molecule has 3 N–H and O–H groups in total.